The average Bonchev–Trinajstić information content (AvgIpc) is 2.46. The third-order valence-electron chi connectivity index (χ3n) is 4.67. The van der Waals surface area contributed by atoms with Crippen LogP contribution in [0.4, 0.5) is 4.39 Å². The molecule has 1 fully saturated rings. The third kappa shape index (κ3) is 4.05. The highest BCUT2D eigenvalue weighted by Gasteiger charge is 2.25. The molecule has 3 unspecified atom stereocenters. The molecule has 0 radical (unpaired) electrons. The first kappa shape index (κ1) is 15.5. The topological polar surface area (TPSA) is 12.0 Å². The molecular formula is C18H28FN. The lowest BCUT2D eigenvalue weighted by Gasteiger charge is -2.34. The van der Waals surface area contributed by atoms with Crippen LogP contribution in [0, 0.1) is 17.7 Å². The molecule has 2 rings (SSSR count). The van der Waals surface area contributed by atoms with Crippen molar-refractivity contribution in [3.05, 3.63) is 35.6 Å². The first-order chi connectivity index (χ1) is 9.60. The van der Waals surface area contributed by atoms with Gasteiger partial charge in [0.25, 0.3) is 0 Å². The van der Waals surface area contributed by atoms with Gasteiger partial charge in [0.05, 0.1) is 0 Å². The Labute approximate surface area is 123 Å². The summed E-state index contributed by atoms with van der Waals surface area (Å²) in [5.74, 6) is 1.24. The second kappa shape index (κ2) is 7.21. The minimum Gasteiger partial charge on any atom is -0.307 e. The summed E-state index contributed by atoms with van der Waals surface area (Å²) in [5, 5.41) is 3.83. The van der Waals surface area contributed by atoms with Crippen molar-refractivity contribution in [3.63, 3.8) is 0 Å². The van der Waals surface area contributed by atoms with E-state index in [1.54, 1.807) is 12.1 Å². The van der Waals surface area contributed by atoms with Crippen LogP contribution in [0.5, 0.6) is 0 Å². The Bertz CT molecular complexity index is 398. The summed E-state index contributed by atoms with van der Waals surface area (Å²) in [6, 6.07) is 7.94. The molecule has 1 nitrogen and oxygen atoms in total. The van der Waals surface area contributed by atoms with E-state index < -0.39 is 0 Å². The average molecular weight is 277 g/mol. The van der Waals surface area contributed by atoms with Gasteiger partial charge in [-0.1, -0.05) is 52.2 Å². The Morgan fingerprint density at radius 2 is 1.90 bits per heavy atom. The lowest BCUT2D eigenvalue weighted by Crippen LogP contribution is -2.38. The van der Waals surface area contributed by atoms with Gasteiger partial charge in [0, 0.05) is 12.1 Å². The molecule has 1 aromatic carbocycles. The van der Waals surface area contributed by atoms with Crippen molar-refractivity contribution in [1.29, 1.82) is 0 Å². The quantitative estimate of drug-likeness (QED) is 0.791. The zero-order chi connectivity index (χ0) is 14.5. The van der Waals surface area contributed by atoms with E-state index in [1.165, 1.54) is 37.7 Å². The van der Waals surface area contributed by atoms with Crippen LogP contribution < -0.4 is 5.32 Å². The lowest BCUT2D eigenvalue weighted by molar-refractivity contribution is 0.244. The van der Waals surface area contributed by atoms with Gasteiger partial charge in [0.15, 0.2) is 0 Å². The van der Waals surface area contributed by atoms with Crippen LogP contribution in [-0.2, 0) is 0 Å². The highest BCUT2D eigenvalue weighted by molar-refractivity contribution is 5.20. The molecule has 0 spiro atoms. The van der Waals surface area contributed by atoms with Crippen LogP contribution in [0.3, 0.4) is 0 Å². The summed E-state index contributed by atoms with van der Waals surface area (Å²) in [7, 11) is 0. The highest BCUT2D eigenvalue weighted by Crippen LogP contribution is 2.30. The maximum absolute atomic E-state index is 13.1. The van der Waals surface area contributed by atoms with Crippen molar-refractivity contribution in [2.75, 3.05) is 0 Å². The smallest absolute Gasteiger partial charge is 0.123 e. The van der Waals surface area contributed by atoms with E-state index in [2.05, 4.69) is 26.1 Å². The Morgan fingerprint density at radius 3 is 2.50 bits per heavy atom. The molecule has 0 bridgehead atoms. The SMILES string of the molecule is CCC1CCCC(NC(c2ccc(F)cc2)C(C)C)C1. The van der Waals surface area contributed by atoms with Crippen molar-refractivity contribution in [3.8, 4) is 0 Å². The molecule has 1 saturated carbocycles. The van der Waals surface area contributed by atoms with Gasteiger partial charge < -0.3 is 5.32 Å². The fraction of sp³-hybridized carbons (Fsp3) is 0.667. The van der Waals surface area contributed by atoms with Crippen LogP contribution in [0.1, 0.15) is 64.5 Å². The van der Waals surface area contributed by atoms with E-state index in [9.17, 15) is 4.39 Å². The minimum atomic E-state index is -0.153. The predicted octanol–water partition coefficient (Wildman–Crippen LogP) is 5.08. The molecule has 1 aliphatic carbocycles. The molecule has 112 valence electrons. The minimum absolute atomic E-state index is 0.153. The number of rotatable bonds is 5. The van der Waals surface area contributed by atoms with E-state index in [4.69, 9.17) is 0 Å². The number of halogens is 1. The lowest BCUT2D eigenvalue weighted by atomic mass is 9.83. The van der Waals surface area contributed by atoms with Gasteiger partial charge in [-0.15, -0.1) is 0 Å². The largest absolute Gasteiger partial charge is 0.307 e. The molecule has 1 aliphatic rings. The van der Waals surface area contributed by atoms with Crippen LogP contribution in [0.15, 0.2) is 24.3 Å². The zero-order valence-corrected chi connectivity index (χ0v) is 13.0. The maximum atomic E-state index is 13.1. The van der Waals surface area contributed by atoms with Gasteiger partial charge in [-0.2, -0.15) is 0 Å². The second-order valence-electron chi connectivity index (χ2n) is 6.58. The molecule has 1 N–H and O–H groups in total. The first-order valence-corrected chi connectivity index (χ1v) is 8.11. The van der Waals surface area contributed by atoms with E-state index in [0.29, 0.717) is 18.0 Å². The van der Waals surface area contributed by atoms with Crippen LogP contribution in [-0.4, -0.2) is 6.04 Å². The fourth-order valence-electron chi connectivity index (χ4n) is 3.41. The van der Waals surface area contributed by atoms with E-state index >= 15 is 0 Å². The van der Waals surface area contributed by atoms with Crippen molar-refractivity contribution < 1.29 is 4.39 Å². The summed E-state index contributed by atoms with van der Waals surface area (Å²) in [6.45, 7) is 6.77. The Morgan fingerprint density at radius 1 is 1.20 bits per heavy atom. The van der Waals surface area contributed by atoms with Crippen molar-refractivity contribution in [2.24, 2.45) is 11.8 Å². The van der Waals surface area contributed by atoms with E-state index in [0.717, 1.165) is 5.92 Å². The molecule has 0 amide bonds. The Balaban J connectivity index is 2.04. The van der Waals surface area contributed by atoms with Crippen LogP contribution in [0.2, 0.25) is 0 Å². The van der Waals surface area contributed by atoms with Gasteiger partial charge in [-0.25, -0.2) is 4.39 Å². The number of hydrogen-bond donors (Lipinski definition) is 1. The fourth-order valence-corrected chi connectivity index (χ4v) is 3.41. The van der Waals surface area contributed by atoms with E-state index in [1.807, 2.05) is 12.1 Å². The Kier molecular flexibility index (Phi) is 5.59. The molecule has 0 saturated heterocycles. The monoisotopic (exact) mass is 277 g/mol. The molecule has 20 heavy (non-hydrogen) atoms. The molecule has 2 heteroatoms. The number of hydrogen-bond acceptors (Lipinski definition) is 1. The van der Waals surface area contributed by atoms with Gasteiger partial charge in [0.2, 0.25) is 0 Å². The van der Waals surface area contributed by atoms with Crippen molar-refractivity contribution >= 4 is 0 Å². The van der Waals surface area contributed by atoms with Gasteiger partial charge in [-0.05, 0) is 42.4 Å². The predicted molar refractivity (Wildman–Crippen MR) is 83.2 cm³/mol. The van der Waals surface area contributed by atoms with Crippen molar-refractivity contribution in [1.82, 2.24) is 5.32 Å². The molecule has 0 aliphatic heterocycles. The summed E-state index contributed by atoms with van der Waals surface area (Å²) < 4.78 is 13.1. The van der Waals surface area contributed by atoms with E-state index in [-0.39, 0.29) is 5.82 Å². The molecule has 1 aromatic rings. The normalized spacial score (nSPS) is 24.9. The molecule has 0 aromatic heterocycles. The number of nitrogens with one attached hydrogen (secondary N) is 1. The maximum Gasteiger partial charge on any atom is 0.123 e. The van der Waals surface area contributed by atoms with Crippen molar-refractivity contribution in [2.45, 2.75) is 65.0 Å². The summed E-state index contributed by atoms with van der Waals surface area (Å²) in [6.07, 6.45) is 6.59. The van der Waals surface area contributed by atoms with Gasteiger partial charge >= 0.3 is 0 Å². The van der Waals surface area contributed by atoms with Gasteiger partial charge in [0.1, 0.15) is 5.82 Å². The standard InChI is InChI=1S/C18H28FN/c1-4-14-6-5-7-17(12-14)20-18(13(2)3)15-8-10-16(19)11-9-15/h8-11,13-14,17-18,20H,4-7,12H2,1-3H3. The molecule has 3 atom stereocenters. The molecular weight excluding hydrogens is 249 g/mol. The first-order valence-electron chi connectivity index (χ1n) is 8.11. The number of benzene rings is 1. The highest BCUT2D eigenvalue weighted by atomic mass is 19.1. The third-order valence-corrected chi connectivity index (χ3v) is 4.67. The van der Waals surface area contributed by atoms with Gasteiger partial charge in [-0.3, -0.25) is 0 Å². The Hall–Kier alpha value is -0.890. The van der Waals surface area contributed by atoms with Crippen LogP contribution in [0.25, 0.3) is 0 Å². The summed E-state index contributed by atoms with van der Waals surface area (Å²) in [5.41, 5.74) is 1.21. The van der Waals surface area contributed by atoms with Crippen LogP contribution >= 0.6 is 0 Å². The second-order valence-corrected chi connectivity index (χ2v) is 6.58. The summed E-state index contributed by atoms with van der Waals surface area (Å²) in [4.78, 5) is 0. The molecule has 0 heterocycles. The zero-order valence-electron chi connectivity index (χ0n) is 13.0. The summed E-state index contributed by atoms with van der Waals surface area (Å²) >= 11 is 0.